The Morgan fingerprint density at radius 3 is 2.50 bits per heavy atom. The van der Waals surface area contributed by atoms with Crippen LogP contribution in [0.5, 0.6) is 0 Å². The summed E-state index contributed by atoms with van der Waals surface area (Å²) in [5.74, 6) is 0. The fourth-order valence-corrected chi connectivity index (χ4v) is 2.54. The van der Waals surface area contributed by atoms with E-state index in [1.54, 1.807) is 6.20 Å². The van der Waals surface area contributed by atoms with E-state index in [9.17, 15) is 0 Å². The van der Waals surface area contributed by atoms with Crippen molar-refractivity contribution < 1.29 is 0 Å². The lowest BCUT2D eigenvalue weighted by Crippen LogP contribution is -2.19. The molecular formula is C17H24N4S. The summed E-state index contributed by atoms with van der Waals surface area (Å²) in [5, 5.41) is 11.3. The third kappa shape index (κ3) is 4.31. The van der Waals surface area contributed by atoms with Gasteiger partial charge in [-0.3, -0.25) is 4.68 Å². The molecule has 0 aliphatic rings. The molecule has 0 amide bonds. The van der Waals surface area contributed by atoms with E-state index in [0.29, 0.717) is 5.11 Å². The lowest BCUT2D eigenvalue weighted by Gasteiger charge is -2.11. The van der Waals surface area contributed by atoms with Crippen LogP contribution >= 0.6 is 12.2 Å². The second kappa shape index (κ2) is 7.94. The van der Waals surface area contributed by atoms with E-state index in [4.69, 9.17) is 12.2 Å². The number of unbranched alkanes of at least 4 members (excludes halogenated alkanes) is 1. The van der Waals surface area contributed by atoms with Gasteiger partial charge in [0.25, 0.3) is 0 Å². The molecule has 0 spiro atoms. The number of aryl methyl sites for hydroxylation is 2. The van der Waals surface area contributed by atoms with Gasteiger partial charge in [0.2, 0.25) is 0 Å². The van der Waals surface area contributed by atoms with E-state index < -0.39 is 0 Å². The van der Waals surface area contributed by atoms with Crippen LogP contribution in [0.2, 0.25) is 0 Å². The molecule has 22 heavy (non-hydrogen) atoms. The standard InChI is InChI=1S/C17H24N4S/c1-4-6-7-14-8-10-15(11-9-14)19-17(22)20-16-12-18-21(5-2)13(16)3/h8-12H,4-7H2,1-3H3,(H2,19,20,22). The van der Waals surface area contributed by atoms with Crippen LogP contribution in [0.1, 0.15) is 37.9 Å². The van der Waals surface area contributed by atoms with Crippen molar-refractivity contribution >= 4 is 28.7 Å². The number of hydrogen-bond acceptors (Lipinski definition) is 2. The SMILES string of the molecule is CCCCc1ccc(NC(=S)Nc2cnn(CC)c2C)cc1. The van der Waals surface area contributed by atoms with Gasteiger partial charge in [0, 0.05) is 12.2 Å². The van der Waals surface area contributed by atoms with Crippen molar-refractivity contribution in [2.75, 3.05) is 10.6 Å². The lowest BCUT2D eigenvalue weighted by molar-refractivity contribution is 0.640. The van der Waals surface area contributed by atoms with Crippen molar-refractivity contribution in [1.29, 1.82) is 0 Å². The molecule has 2 N–H and O–H groups in total. The number of hydrogen-bond donors (Lipinski definition) is 2. The summed E-state index contributed by atoms with van der Waals surface area (Å²) in [6.07, 6.45) is 5.39. The first-order chi connectivity index (χ1) is 10.6. The highest BCUT2D eigenvalue weighted by molar-refractivity contribution is 7.80. The van der Waals surface area contributed by atoms with E-state index in [1.165, 1.54) is 18.4 Å². The van der Waals surface area contributed by atoms with Crippen molar-refractivity contribution in [2.24, 2.45) is 0 Å². The van der Waals surface area contributed by atoms with Gasteiger partial charge >= 0.3 is 0 Å². The maximum Gasteiger partial charge on any atom is 0.175 e. The molecule has 0 saturated carbocycles. The zero-order chi connectivity index (χ0) is 15.9. The third-order valence-corrected chi connectivity index (χ3v) is 3.89. The van der Waals surface area contributed by atoms with E-state index in [-0.39, 0.29) is 0 Å². The normalized spacial score (nSPS) is 10.5. The molecule has 0 saturated heterocycles. The lowest BCUT2D eigenvalue weighted by atomic mass is 10.1. The first-order valence-electron chi connectivity index (χ1n) is 7.83. The predicted octanol–water partition coefficient (Wildman–Crippen LogP) is 4.36. The number of nitrogens with one attached hydrogen (secondary N) is 2. The van der Waals surface area contributed by atoms with Crippen LogP contribution in [-0.2, 0) is 13.0 Å². The van der Waals surface area contributed by atoms with E-state index in [0.717, 1.165) is 30.0 Å². The molecule has 0 bridgehead atoms. The molecule has 0 unspecified atom stereocenters. The minimum atomic E-state index is 0.583. The van der Waals surface area contributed by atoms with Crippen LogP contribution < -0.4 is 10.6 Å². The highest BCUT2D eigenvalue weighted by atomic mass is 32.1. The largest absolute Gasteiger partial charge is 0.332 e. The molecule has 2 aromatic rings. The van der Waals surface area contributed by atoms with Crippen LogP contribution in [0.4, 0.5) is 11.4 Å². The molecule has 1 heterocycles. The summed E-state index contributed by atoms with van der Waals surface area (Å²) in [5.41, 5.74) is 4.39. The third-order valence-electron chi connectivity index (χ3n) is 3.68. The number of benzene rings is 1. The quantitative estimate of drug-likeness (QED) is 0.777. The summed E-state index contributed by atoms with van der Waals surface area (Å²) < 4.78 is 1.94. The van der Waals surface area contributed by atoms with Gasteiger partial charge in [-0.2, -0.15) is 5.10 Å². The van der Waals surface area contributed by atoms with Crippen LogP contribution in [0.3, 0.4) is 0 Å². The molecule has 2 rings (SSSR count). The summed E-state index contributed by atoms with van der Waals surface area (Å²) in [6.45, 7) is 7.17. The van der Waals surface area contributed by atoms with Gasteiger partial charge in [-0.25, -0.2) is 0 Å². The fourth-order valence-electron chi connectivity index (χ4n) is 2.31. The Morgan fingerprint density at radius 1 is 1.18 bits per heavy atom. The van der Waals surface area contributed by atoms with E-state index in [2.05, 4.69) is 53.8 Å². The predicted molar refractivity (Wildman–Crippen MR) is 97.5 cm³/mol. The number of anilines is 2. The van der Waals surface area contributed by atoms with E-state index in [1.807, 2.05) is 11.6 Å². The van der Waals surface area contributed by atoms with Gasteiger partial charge in [0.05, 0.1) is 17.6 Å². The summed E-state index contributed by atoms with van der Waals surface area (Å²) in [6, 6.07) is 8.45. The second-order valence-corrected chi connectivity index (χ2v) is 5.75. The maximum absolute atomic E-state index is 5.37. The molecule has 0 atom stereocenters. The van der Waals surface area contributed by atoms with Crippen LogP contribution in [0.15, 0.2) is 30.5 Å². The summed E-state index contributed by atoms with van der Waals surface area (Å²) >= 11 is 5.37. The molecule has 0 radical (unpaired) electrons. The van der Waals surface area contributed by atoms with Crippen molar-refractivity contribution in [2.45, 2.75) is 46.6 Å². The van der Waals surface area contributed by atoms with Crippen molar-refractivity contribution in [3.05, 3.63) is 41.7 Å². The van der Waals surface area contributed by atoms with Gasteiger partial charge in [-0.1, -0.05) is 25.5 Å². The minimum Gasteiger partial charge on any atom is -0.332 e. The summed E-state index contributed by atoms with van der Waals surface area (Å²) in [4.78, 5) is 0. The molecule has 0 fully saturated rings. The van der Waals surface area contributed by atoms with Crippen LogP contribution in [0.25, 0.3) is 0 Å². The molecule has 0 aliphatic carbocycles. The minimum absolute atomic E-state index is 0.583. The number of aromatic nitrogens is 2. The molecule has 0 aliphatic heterocycles. The van der Waals surface area contributed by atoms with Crippen LogP contribution in [-0.4, -0.2) is 14.9 Å². The van der Waals surface area contributed by atoms with E-state index >= 15 is 0 Å². The second-order valence-electron chi connectivity index (χ2n) is 5.34. The Balaban J connectivity index is 1.92. The Kier molecular flexibility index (Phi) is 5.95. The van der Waals surface area contributed by atoms with Gasteiger partial charge < -0.3 is 10.6 Å². The molecule has 118 valence electrons. The van der Waals surface area contributed by atoms with Gasteiger partial charge in [-0.05, 0) is 56.6 Å². The Hall–Kier alpha value is -1.88. The zero-order valence-electron chi connectivity index (χ0n) is 13.5. The van der Waals surface area contributed by atoms with Gasteiger partial charge in [0.1, 0.15) is 0 Å². The molecule has 5 heteroatoms. The molecule has 1 aromatic carbocycles. The monoisotopic (exact) mass is 316 g/mol. The van der Waals surface area contributed by atoms with Crippen molar-refractivity contribution in [1.82, 2.24) is 9.78 Å². The Morgan fingerprint density at radius 2 is 1.91 bits per heavy atom. The highest BCUT2D eigenvalue weighted by Crippen LogP contribution is 2.15. The van der Waals surface area contributed by atoms with Gasteiger partial charge in [0.15, 0.2) is 5.11 Å². The Labute approximate surface area is 137 Å². The highest BCUT2D eigenvalue weighted by Gasteiger charge is 2.06. The first-order valence-corrected chi connectivity index (χ1v) is 8.24. The van der Waals surface area contributed by atoms with Gasteiger partial charge in [-0.15, -0.1) is 0 Å². The van der Waals surface area contributed by atoms with Crippen molar-refractivity contribution in [3.63, 3.8) is 0 Å². The van der Waals surface area contributed by atoms with Crippen molar-refractivity contribution in [3.8, 4) is 0 Å². The first kappa shape index (κ1) is 16.5. The number of nitrogens with zero attached hydrogens (tertiary/aromatic N) is 2. The number of rotatable bonds is 6. The average Bonchev–Trinajstić information content (AvgIpc) is 2.87. The molecular weight excluding hydrogens is 292 g/mol. The fraction of sp³-hybridized carbons (Fsp3) is 0.412. The smallest absolute Gasteiger partial charge is 0.175 e. The topological polar surface area (TPSA) is 41.9 Å². The average molecular weight is 316 g/mol. The van der Waals surface area contributed by atoms with Crippen LogP contribution in [0, 0.1) is 6.92 Å². The molecule has 4 nitrogen and oxygen atoms in total. The molecule has 1 aromatic heterocycles. The maximum atomic E-state index is 5.37. The zero-order valence-corrected chi connectivity index (χ0v) is 14.3. The summed E-state index contributed by atoms with van der Waals surface area (Å²) in [7, 11) is 0. The number of thiocarbonyl (C=S) groups is 1. The Bertz CT molecular complexity index is 616.